The smallest absolute Gasteiger partial charge is 0.0882 e. The SMILES string of the molecule is Cn1nc(CCN)cc1-c1ccccn1. The van der Waals surface area contributed by atoms with Crippen molar-refractivity contribution in [1.29, 1.82) is 0 Å². The molecule has 2 N–H and O–H groups in total. The maximum Gasteiger partial charge on any atom is 0.0882 e. The van der Waals surface area contributed by atoms with E-state index in [2.05, 4.69) is 10.1 Å². The van der Waals surface area contributed by atoms with E-state index >= 15 is 0 Å². The van der Waals surface area contributed by atoms with Gasteiger partial charge in [0.05, 0.1) is 17.1 Å². The summed E-state index contributed by atoms with van der Waals surface area (Å²) in [5.74, 6) is 0. The third-order valence-corrected chi connectivity index (χ3v) is 2.26. The Morgan fingerprint density at radius 2 is 2.27 bits per heavy atom. The molecule has 4 nitrogen and oxygen atoms in total. The molecule has 15 heavy (non-hydrogen) atoms. The molecule has 78 valence electrons. The molecule has 2 rings (SSSR count). The van der Waals surface area contributed by atoms with Crippen LogP contribution in [0.15, 0.2) is 30.5 Å². The summed E-state index contributed by atoms with van der Waals surface area (Å²) < 4.78 is 1.84. The van der Waals surface area contributed by atoms with Crippen LogP contribution in [-0.2, 0) is 13.5 Å². The molecule has 2 heterocycles. The van der Waals surface area contributed by atoms with Gasteiger partial charge in [-0.3, -0.25) is 9.67 Å². The van der Waals surface area contributed by atoms with Crippen LogP contribution in [0.1, 0.15) is 5.69 Å². The minimum Gasteiger partial charge on any atom is -0.330 e. The molecule has 2 aromatic heterocycles. The molecule has 0 fully saturated rings. The Labute approximate surface area is 88.8 Å². The minimum atomic E-state index is 0.624. The van der Waals surface area contributed by atoms with E-state index < -0.39 is 0 Å². The van der Waals surface area contributed by atoms with Crippen LogP contribution in [0, 0.1) is 0 Å². The number of hydrogen-bond donors (Lipinski definition) is 1. The number of aryl methyl sites for hydroxylation is 1. The van der Waals surface area contributed by atoms with Crippen molar-refractivity contribution in [3.63, 3.8) is 0 Å². The number of nitrogens with zero attached hydrogens (tertiary/aromatic N) is 3. The molecular formula is C11H14N4. The Balaban J connectivity index is 2.36. The van der Waals surface area contributed by atoms with Gasteiger partial charge in [-0.1, -0.05) is 6.07 Å². The predicted octanol–water partition coefficient (Wildman–Crippen LogP) is 0.983. The average Bonchev–Trinajstić information content (AvgIpc) is 2.61. The van der Waals surface area contributed by atoms with Crippen molar-refractivity contribution in [2.24, 2.45) is 12.8 Å². The fraction of sp³-hybridized carbons (Fsp3) is 0.273. The van der Waals surface area contributed by atoms with E-state index in [1.807, 2.05) is 36.0 Å². The van der Waals surface area contributed by atoms with E-state index in [1.54, 1.807) is 6.20 Å². The van der Waals surface area contributed by atoms with Gasteiger partial charge in [0.2, 0.25) is 0 Å². The summed E-state index contributed by atoms with van der Waals surface area (Å²) in [5.41, 5.74) is 8.48. The molecule has 0 aliphatic carbocycles. The second kappa shape index (κ2) is 4.23. The largest absolute Gasteiger partial charge is 0.330 e. The van der Waals surface area contributed by atoms with Crippen molar-refractivity contribution in [1.82, 2.24) is 14.8 Å². The van der Waals surface area contributed by atoms with Crippen molar-refractivity contribution >= 4 is 0 Å². The molecule has 0 unspecified atom stereocenters. The maximum absolute atomic E-state index is 5.49. The fourth-order valence-corrected chi connectivity index (χ4v) is 1.55. The molecule has 0 atom stereocenters. The van der Waals surface area contributed by atoms with Gasteiger partial charge in [-0.25, -0.2) is 0 Å². The highest BCUT2D eigenvalue weighted by Crippen LogP contribution is 2.16. The summed E-state index contributed by atoms with van der Waals surface area (Å²) in [7, 11) is 1.92. The van der Waals surface area contributed by atoms with Gasteiger partial charge < -0.3 is 5.73 Å². The summed E-state index contributed by atoms with van der Waals surface area (Å²) in [6.45, 7) is 0.624. The highest BCUT2D eigenvalue weighted by Gasteiger charge is 2.06. The van der Waals surface area contributed by atoms with Gasteiger partial charge in [0.1, 0.15) is 0 Å². The van der Waals surface area contributed by atoms with E-state index in [9.17, 15) is 0 Å². The predicted molar refractivity (Wildman–Crippen MR) is 59.2 cm³/mol. The third kappa shape index (κ3) is 2.05. The number of rotatable bonds is 3. The molecule has 0 saturated heterocycles. The summed E-state index contributed by atoms with van der Waals surface area (Å²) in [6, 6.07) is 7.89. The Hall–Kier alpha value is -1.68. The lowest BCUT2D eigenvalue weighted by atomic mass is 10.2. The Bertz CT molecular complexity index is 433. The number of nitrogens with two attached hydrogens (primary N) is 1. The monoisotopic (exact) mass is 202 g/mol. The Morgan fingerprint density at radius 1 is 1.40 bits per heavy atom. The summed E-state index contributed by atoms with van der Waals surface area (Å²) >= 11 is 0. The molecule has 0 saturated carbocycles. The lowest BCUT2D eigenvalue weighted by Gasteiger charge is -1.98. The highest BCUT2D eigenvalue weighted by atomic mass is 15.3. The Morgan fingerprint density at radius 3 is 2.93 bits per heavy atom. The number of hydrogen-bond acceptors (Lipinski definition) is 3. The summed E-state index contributed by atoms with van der Waals surface area (Å²) in [5, 5.41) is 4.37. The van der Waals surface area contributed by atoms with Crippen molar-refractivity contribution in [3.05, 3.63) is 36.2 Å². The second-order valence-electron chi connectivity index (χ2n) is 3.40. The van der Waals surface area contributed by atoms with E-state index in [-0.39, 0.29) is 0 Å². The summed E-state index contributed by atoms with van der Waals surface area (Å²) in [6.07, 6.45) is 2.59. The van der Waals surface area contributed by atoms with Gasteiger partial charge in [-0.15, -0.1) is 0 Å². The van der Waals surface area contributed by atoms with Crippen molar-refractivity contribution in [2.45, 2.75) is 6.42 Å². The van der Waals surface area contributed by atoms with Crippen LogP contribution >= 0.6 is 0 Å². The second-order valence-corrected chi connectivity index (χ2v) is 3.40. The van der Waals surface area contributed by atoms with Crippen LogP contribution in [0.3, 0.4) is 0 Å². The van der Waals surface area contributed by atoms with Gasteiger partial charge in [-0.2, -0.15) is 5.10 Å². The lowest BCUT2D eigenvalue weighted by Crippen LogP contribution is -2.03. The van der Waals surface area contributed by atoms with Gasteiger partial charge >= 0.3 is 0 Å². The van der Waals surface area contributed by atoms with Crippen molar-refractivity contribution < 1.29 is 0 Å². The average molecular weight is 202 g/mol. The van der Waals surface area contributed by atoms with E-state index in [0.717, 1.165) is 23.5 Å². The number of pyridine rings is 1. The molecule has 0 spiro atoms. The van der Waals surface area contributed by atoms with Gasteiger partial charge in [0.25, 0.3) is 0 Å². The fourth-order valence-electron chi connectivity index (χ4n) is 1.55. The van der Waals surface area contributed by atoms with Crippen LogP contribution in [0.2, 0.25) is 0 Å². The molecule has 2 aromatic rings. The first-order valence-corrected chi connectivity index (χ1v) is 4.95. The van der Waals surface area contributed by atoms with Gasteiger partial charge in [0.15, 0.2) is 0 Å². The molecule has 0 radical (unpaired) electrons. The van der Waals surface area contributed by atoms with Crippen LogP contribution in [0.5, 0.6) is 0 Å². The Kier molecular flexibility index (Phi) is 2.78. The van der Waals surface area contributed by atoms with Crippen molar-refractivity contribution in [3.8, 4) is 11.4 Å². The standard InChI is InChI=1S/C11H14N4/c1-15-11(8-9(14-15)5-6-12)10-4-2-3-7-13-10/h2-4,7-8H,5-6,12H2,1H3. The molecule has 0 bridgehead atoms. The van der Waals surface area contributed by atoms with Crippen LogP contribution < -0.4 is 5.73 Å². The zero-order valence-electron chi connectivity index (χ0n) is 8.72. The quantitative estimate of drug-likeness (QED) is 0.807. The number of aromatic nitrogens is 3. The third-order valence-electron chi connectivity index (χ3n) is 2.26. The van der Waals surface area contributed by atoms with E-state index in [1.165, 1.54) is 0 Å². The van der Waals surface area contributed by atoms with Crippen molar-refractivity contribution in [2.75, 3.05) is 6.54 Å². The van der Waals surface area contributed by atoms with Gasteiger partial charge in [-0.05, 0) is 24.7 Å². The summed E-state index contributed by atoms with van der Waals surface area (Å²) in [4.78, 5) is 4.29. The first-order chi connectivity index (χ1) is 7.31. The molecule has 0 aliphatic heterocycles. The molecule has 4 heteroatoms. The zero-order valence-corrected chi connectivity index (χ0v) is 8.72. The van der Waals surface area contributed by atoms with Crippen LogP contribution in [0.4, 0.5) is 0 Å². The molecule has 0 amide bonds. The van der Waals surface area contributed by atoms with Crippen LogP contribution in [-0.4, -0.2) is 21.3 Å². The normalized spacial score (nSPS) is 10.5. The molecule has 0 aliphatic rings. The first-order valence-electron chi connectivity index (χ1n) is 4.95. The first kappa shape index (κ1) is 9.86. The lowest BCUT2D eigenvalue weighted by molar-refractivity contribution is 0.743. The van der Waals surface area contributed by atoms with Gasteiger partial charge in [0, 0.05) is 19.7 Å². The maximum atomic E-state index is 5.49. The van der Waals surface area contributed by atoms with Crippen LogP contribution in [0.25, 0.3) is 11.4 Å². The van der Waals surface area contributed by atoms with E-state index in [0.29, 0.717) is 6.54 Å². The minimum absolute atomic E-state index is 0.624. The highest BCUT2D eigenvalue weighted by molar-refractivity contribution is 5.54. The topological polar surface area (TPSA) is 56.7 Å². The van der Waals surface area contributed by atoms with E-state index in [4.69, 9.17) is 5.73 Å². The molecular weight excluding hydrogens is 188 g/mol. The zero-order chi connectivity index (χ0) is 10.7. The molecule has 0 aromatic carbocycles.